The molecular weight excluding hydrogens is 316 g/mol. The smallest absolute Gasteiger partial charge is 0.316 e. The molecule has 0 aliphatic heterocycles. The summed E-state index contributed by atoms with van der Waals surface area (Å²) in [6, 6.07) is 6.58. The molecule has 1 aliphatic rings. The molecular formula is C16H25ClN4O2. The van der Waals surface area contributed by atoms with Gasteiger partial charge in [0, 0.05) is 11.6 Å². The van der Waals surface area contributed by atoms with E-state index in [1.54, 1.807) is 12.1 Å². The molecule has 0 saturated heterocycles. The quantitative estimate of drug-likeness (QED) is 0.659. The molecule has 23 heavy (non-hydrogen) atoms. The van der Waals surface area contributed by atoms with Gasteiger partial charge in [0.2, 0.25) is 5.91 Å². The van der Waals surface area contributed by atoms with E-state index in [2.05, 4.69) is 10.6 Å². The normalized spacial score (nSPS) is 21.1. The number of urea groups is 1. The summed E-state index contributed by atoms with van der Waals surface area (Å²) < 4.78 is 0. The fraction of sp³-hybridized carbons (Fsp3) is 0.500. The Morgan fingerprint density at radius 1 is 1.26 bits per heavy atom. The SMILES string of the molecule is CC(NC(=O)[C@@H]1CCC[C@@H]1CN)c1ccc(NC(N)=O)cc1.Cl. The van der Waals surface area contributed by atoms with Crippen LogP contribution in [0, 0.1) is 11.8 Å². The third kappa shape index (κ3) is 5.11. The first-order chi connectivity index (χ1) is 10.5. The van der Waals surface area contributed by atoms with Crippen LogP contribution in [0.2, 0.25) is 0 Å². The van der Waals surface area contributed by atoms with Crippen LogP contribution in [0.25, 0.3) is 0 Å². The third-order valence-electron chi connectivity index (χ3n) is 4.34. The van der Waals surface area contributed by atoms with Crippen LogP contribution in [-0.2, 0) is 4.79 Å². The summed E-state index contributed by atoms with van der Waals surface area (Å²) >= 11 is 0. The van der Waals surface area contributed by atoms with Crippen LogP contribution in [0.5, 0.6) is 0 Å². The van der Waals surface area contributed by atoms with E-state index in [4.69, 9.17) is 11.5 Å². The first-order valence-corrected chi connectivity index (χ1v) is 7.68. The van der Waals surface area contributed by atoms with Gasteiger partial charge in [0.15, 0.2) is 0 Å². The van der Waals surface area contributed by atoms with Gasteiger partial charge >= 0.3 is 6.03 Å². The summed E-state index contributed by atoms with van der Waals surface area (Å²) in [7, 11) is 0. The van der Waals surface area contributed by atoms with Crippen LogP contribution >= 0.6 is 12.4 Å². The maximum absolute atomic E-state index is 12.4. The number of nitrogens with one attached hydrogen (secondary N) is 2. The molecule has 1 aromatic carbocycles. The number of rotatable bonds is 5. The highest BCUT2D eigenvalue weighted by Gasteiger charge is 2.32. The second-order valence-electron chi connectivity index (χ2n) is 5.87. The largest absolute Gasteiger partial charge is 0.351 e. The van der Waals surface area contributed by atoms with Gasteiger partial charge in [0.05, 0.1) is 6.04 Å². The van der Waals surface area contributed by atoms with Gasteiger partial charge in [-0.3, -0.25) is 4.79 Å². The highest BCUT2D eigenvalue weighted by molar-refractivity contribution is 5.87. The lowest BCUT2D eigenvalue weighted by Gasteiger charge is -2.21. The Kier molecular flexibility index (Phi) is 7.32. The first kappa shape index (κ1) is 19.3. The lowest BCUT2D eigenvalue weighted by Crippen LogP contribution is -2.36. The molecule has 0 spiro atoms. The molecule has 2 rings (SSSR count). The molecule has 1 fully saturated rings. The maximum atomic E-state index is 12.4. The van der Waals surface area contributed by atoms with E-state index >= 15 is 0 Å². The van der Waals surface area contributed by atoms with Gasteiger partial charge in [-0.05, 0) is 49.9 Å². The van der Waals surface area contributed by atoms with Gasteiger partial charge in [-0.1, -0.05) is 18.6 Å². The summed E-state index contributed by atoms with van der Waals surface area (Å²) in [5.41, 5.74) is 12.4. The van der Waals surface area contributed by atoms with Crippen molar-refractivity contribution >= 4 is 30.0 Å². The minimum Gasteiger partial charge on any atom is -0.351 e. The second-order valence-corrected chi connectivity index (χ2v) is 5.87. The zero-order chi connectivity index (χ0) is 16.1. The van der Waals surface area contributed by atoms with Gasteiger partial charge in [-0.2, -0.15) is 0 Å². The molecule has 1 saturated carbocycles. The molecule has 1 aromatic rings. The standard InChI is InChI=1S/C16H24N4O2.ClH/c1-10(11-5-7-13(8-6-11)20-16(18)22)19-15(21)14-4-2-3-12(14)9-17;/h5-8,10,12,14H,2-4,9,17H2,1H3,(H,19,21)(H3,18,20,22);1H/t10?,12-,14-;/m1./s1. The summed E-state index contributed by atoms with van der Waals surface area (Å²) in [4.78, 5) is 23.2. The zero-order valence-electron chi connectivity index (χ0n) is 13.2. The molecule has 0 aromatic heterocycles. The van der Waals surface area contributed by atoms with E-state index in [1.165, 1.54) is 0 Å². The summed E-state index contributed by atoms with van der Waals surface area (Å²) in [6.07, 6.45) is 3.03. The van der Waals surface area contributed by atoms with Crippen LogP contribution in [0.3, 0.4) is 0 Å². The van der Waals surface area contributed by atoms with Crippen molar-refractivity contribution in [2.75, 3.05) is 11.9 Å². The molecule has 6 N–H and O–H groups in total. The van der Waals surface area contributed by atoms with Crippen LogP contribution in [0.4, 0.5) is 10.5 Å². The molecule has 1 unspecified atom stereocenters. The number of hydrogen-bond donors (Lipinski definition) is 4. The van der Waals surface area contributed by atoms with Crippen molar-refractivity contribution in [1.29, 1.82) is 0 Å². The van der Waals surface area contributed by atoms with E-state index in [0.29, 0.717) is 18.2 Å². The third-order valence-corrected chi connectivity index (χ3v) is 4.34. The maximum Gasteiger partial charge on any atom is 0.316 e. The van der Waals surface area contributed by atoms with E-state index < -0.39 is 6.03 Å². The van der Waals surface area contributed by atoms with Crippen molar-refractivity contribution in [2.24, 2.45) is 23.3 Å². The van der Waals surface area contributed by atoms with E-state index in [0.717, 1.165) is 24.8 Å². The molecule has 1 aliphatic carbocycles. The fourth-order valence-electron chi connectivity index (χ4n) is 3.07. The van der Waals surface area contributed by atoms with Gasteiger partial charge < -0.3 is 22.1 Å². The Bertz CT molecular complexity index is 535. The molecule has 3 atom stereocenters. The van der Waals surface area contributed by atoms with Gasteiger partial charge in [0.1, 0.15) is 0 Å². The highest BCUT2D eigenvalue weighted by Crippen LogP contribution is 2.31. The Morgan fingerprint density at radius 3 is 2.48 bits per heavy atom. The number of primary amides is 1. The van der Waals surface area contributed by atoms with E-state index in [1.807, 2.05) is 19.1 Å². The minimum absolute atomic E-state index is 0. The highest BCUT2D eigenvalue weighted by atomic mass is 35.5. The molecule has 7 heteroatoms. The van der Waals surface area contributed by atoms with Crippen LogP contribution in [0.1, 0.15) is 37.8 Å². The average molecular weight is 341 g/mol. The monoisotopic (exact) mass is 340 g/mol. The molecule has 0 bridgehead atoms. The van der Waals surface area contributed by atoms with Gasteiger partial charge in [-0.25, -0.2) is 4.79 Å². The summed E-state index contributed by atoms with van der Waals surface area (Å²) in [5.74, 6) is 0.414. The van der Waals surface area contributed by atoms with Crippen molar-refractivity contribution in [2.45, 2.75) is 32.2 Å². The van der Waals surface area contributed by atoms with Gasteiger partial charge in [0.25, 0.3) is 0 Å². The molecule has 3 amide bonds. The molecule has 0 heterocycles. The number of amides is 3. The second kappa shape index (κ2) is 8.74. The fourth-order valence-corrected chi connectivity index (χ4v) is 3.07. The predicted octanol–water partition coefficient (Wildman–Crippen LogP) is 2.15. The topological polar surface area (TPSA) is 110 Å². The Balaban J connectivity index is 0.00000264. The number of halogens is 1. The number of nitrogens with two attached hydrogens (primary N) is 2. The molecule has 6 nitrogen and oxygen atoms in total. The van der Waals surface area contributed by atoms with Crippen molar-refractivity contribution in [3.63, 3.8) is 0 Å². The minimum atomic E-state index is -0.594. The number of anilines is 1. The first-order valence-electron chi connectivity index (χ1n) is 7.68. The van der Waals surface area contributed by atoms with Crippen molar-refractivity contribution in [3.8, 4) is 0 Å². The van der Waals surface area contributed by atoms with Crippen LogP contribution in [0.15, 0.2) is 24.3 Å². The zero-order valence-corrected chi connectivity index (χ0v) is 14.1. The number of hydrogen-bond acceptors (Lipinski definition) is 3. The number of benzene rings is 1. The Morgan fingerprint density at radius 2 is 1.91 bits per heavy atom. The van der Waals surface area contributed by atoms with Crippen molar-refractivity contribution in [3.05, 3.63) is 29.8 Å². The molecule has 128 valence electrons. The lowest BCUT2D eigenvalue weighted by molar-refractivity contribution is -0.126. The molecule has 0 radical (unpaired) electrons. The predicted molar refractivity (Wildman–Crippen MR) is 93.3 cm³/mol. The number of carbonyl (C=O) groups excluding carboxylic acids is 2. The van der Waals surface area contributed by atoms with Crippen molar-refractivity contribution in [1.82, 2.24) is 5.32 Å². The average Bonchev–Trinajstić information content (AvgIpc) is 2.95. The van der Waals surface area contributed by atoms with Crippen molar-refractivity contribution < 1.29 is 9.59 Å². The summed E-state index contributed by atoms with van der Waals surface area (Å²) in [5, 5.41) is 5.56. The Hall–Kier alpha value is -1.79. The van der Waals surface area contributed by atoms with Crippen LogP contribution < -0.4 is 22.1 Å². The van der Waals surface area contributed by atoms with Gasteiger partial charge in [-0.15, -0.1) is 12.4 Å². The van der Waals surface area contributed by atoms with E-state index in [9.17, 15) is 9.59 Å². The van der Waals surface area contributed by atoms with E-state index in [-0.39, 0.29) is 30.3 Å². The lowest BCUT2D eigenvalue weighted by atomic mass is 9.94. The Labute approximate surface area is 142 Å². The summed E-state index contributed by atoms with van der Waals surface area (Å²) in [6.45, 7) is 2.51. The van der Waals surface area contributed by atoms with Crippen LogP contribution in [-0.4, -0.2) is 18.5 Å². The number of carbonyl (C=O) groups is 2.